The van der Waals surface area contributed by atoms with Gasteiger partial charge >= 0.3 is 0 Å². The van der Waals surface area contributed by atoms with Gasteiger partial charge in [-0.05, 0) is 44.9 Å². The zero-order chi connectivity index (χ0) is 13.7. The van der Waals surface area contributed by atoms with Crippen LogP contribution in [0.2, 0.25) is 0 Å². The normalized spacial score (nSPS) is 13.3. The van der Waals surface area contributed by atoms with E-state index < -0.39 is 0 Å². The molecule has 102 valence electrons. The molecule has 0 radical (unpaired) electrons. The minimum Gasteiger partial charge on any atom is -0.329 e. The first-order valence-electron chi connectivity index (χ1n) is 7.04. The quantitative estimate of drug-likeness (QED) is 0.836. The second-order valence-electron chi connectivity index (χ2n) is 5.25. The highest BCUT2D eigenvalue weighted by Gasteiger charge is 2.22. The molecule has 18 heavy (non-hydrogen) atoms. The van der Waals surface area contributed by atoms with Crippen molar-refractivity contribution in [2.24, 2.45) is 5.73 Å². The van der Waals surface area contributed by atoms with E-state index in [0.29, 0.717) is 18.6 Å². The van der Waals surface area contributed by atoms with Crippen molar-refractivity contribution in [3.8, 4) is 0 Å². The van der Waals surface area contributed by atoms with Gasteiger partial charge in [0, 0.05) is 18.6 Å². The maximum Gasteiger partial charge on any atom is 0.0472 e. The zero-order valence-electron chi connectivity index (χ0n) is 12.5. The van der Waals surface area contributed by atoms with E-state index >= 15 is 0 Å². The van der Waals surface area contributed by atoms with E-state index in [1.165, 1.54) is 29.5 Å². The van der Waals surface area contributed by atoms with Crippen molar-refractivity contribution in [3.05, 3.63) is 34.9 Å². The number of likely N-dealkylation sites (N-methyl/N-ethyl adjacent to an activating group) is 1. The number of hydrogen-bond donors (Lipinski definition) is 1. The third-order valence-corrected chi connectivity index (χ3v) is 4.02. The number of nitrogens with two attached hydrogens (primary N) is 1. The van der Waals surface area contributed by atoms with Crippen molar-refractivity contribution in [2.75, 3.05) is 13.6 Å². The van der Waals surface area contributed by atoms with Crippen molar-refractivity contribution < 1.29 is 0 Å². The van der Waals surface area contributed by atoms with Gasteiger partial charge in [-0.3, -0.25) is 4.90 Å². The summed E-state index contributed by atoms with van der Waals surface area (Å²) in [6.07, 6.45) is 2.35. The number of benzene rings is 1. The number of nitrogens with zero attached hydrogens (tertiary/aromatic N) is 1. The lowest BCUT2D eigenvalue weighted by Crippen LogP contribution is -2.38. The average Bonchev–Trinajstić information content (AvgIpc) is 2.34. The molecule has 0 heterocycles. The lowest BCUT2D eigenvalue weighted by molar-refractivity contribution is 0.167. The molecule has 0 spiro atoms. The van der Waals surface area contributed by atoms with Crippen molar-refractivity contribution in [3.63, 3.8) is 0 Å². The molecule has 0 aliphatic rings. The molecule has 0 saturated heterocycles. The molecule has 1 atom stereocenters. The summed E-state index contributed by atoms with van der Waals surface area (Å²) >= 11 is 0. The van der Waals surface area contributed by atoms with Gasteiger partial charge < -0.3 is 5.73 Å². The summed E-state index contributed by atoms with van der Waals surface area (Å²) in [4.78, 5) is 2.44. The van der Waals surface area contributed by atoms with E-state index in [2.05, 4.69) is 57.8 Å². The summed E-state index contributed by atoms with van der Waals surface area (Å²) in [6.45, 7) is 9.50. The topological polar surface area (TPSA) is 29.3 Å². The van der Waals surface area contributed by atoms with Crippen LogP contribution in [0.25, 0.3) is 0 Å². The molecular formula is C16H28N2. The predicted molar refractivity (Wildman–Crippen MR) is 79.8 cm³/mol. The fourth-order valence-electron chi connectivity index (χ4n) is 2.83. The third kappa shape index (κ3) is 3.33. The lowest BCUT2D eigenvalue weighted by Gasteiger charge is -2.34. The van der Waals surface area contributed by atoms with Gasteiger partial charge in [0.2, 0.25) is 0 Å². The molecule has 2 heteroatoms. The molecule has 0 amide bonds. The Morgan fingerprint density at radius 2 is 1.78 bits per heavy atom. The Balaban J connectivity index is 3.01. The van der Waals surface area contributed by atoms with Crippen LogP contribution in [0.3, 0.4) is 0 Å². The zero-order valence-corrected chi connectivity index (χ0v) is 12.5. The SMILES string of the molecule is CCC(CC)N(C)C(CN)c1ccc(C)cc1C. The van der Waals surface area contributed by atoms with E-state index in [-0.39, 0.29) is 0 Å². The molecule has 1 aromatic carbocycles. The van der Waals surface area contributed by atoms with Crippen molar-refractivity contribution in [2.45, 2.75) is 52.6 Å². The molecule has 0 aromatic heterocycles. The second-order valence-corrected chi connectivity index (χ2v) is 5.25. The molecule has 0 aliphatic carbocycles. The molecule has 1 rings (SSSR count). The summed E-state index contributed by atoms with van der Waals surface area (Å²) in [7, 11) is 2.20. The first-order chi connectivity index (χ1) is 8.54. The highest BCUT2D eigenvalue weighted by Crippen LogP contribution is 2.26. The first-order valence-corrected chi connectivity index (χ1v) is 7.04. The van der Waals surface area contributed by atoms with Crippen molar-refractivity contribution in [1.29, 1.82) is 0 Å². The van der Waals surface area contributed by atoms with E-state index in [1.54, 1.807) is 0 Å². The van der Waals surface area contributed by atoms with Crippen LogP contribution in [0.5, 0.6) is 0 Å². The van der Waals surface area contributed by atoms with E-state index in [0.717, 1.165) is 0 Å². The fraction of sp³-hybridized carbons (Fsp3) is 0.625. The maximum absolute atomic E-state index is 6.02. The number of aryl methyl sites for hydroxylation is 2. The summed E-state index contributed by atoms with van der Waals surface area (Å²) in [5.41, 5.74) is 10.1. The highest BCUT2D eigenvalue weighted by atomic mass is 15.2. The minimum atomic E-state index is 0.329. The third-order valence-electron chi connectivity index (χ3n) is 4.02. The van der Waals surface area contributed by atoms with Gasteiger partial charge in [-0.2, -0.15) is 0 Å². The Morgan fingerprint density at radius 3 is 2.22 bits per heavy atom. The van der Waals surface area contributed by atoms with Crippen LogP contribution >= 0.6 is 0 Å². The number of hydrogen-bond acceptors (Lipinski definition) is 2. The molecular weight excluding hydrogens is 220 g/mol. The smallest absolute Gasteiger partial charge is 0.0472 e. The Hall–Kier alpha value is -0.860. The monoisotopic (exact) mass is 248 g/mol. The van der Waals surface area contributed by atoms with Gasteiger partial charge in [-0.25, -0.2) is 0 Å². The molecule has 0 aliphatic heterocycles. The van der Waals surface area contributed by atoms with Gasteiger partial charge in [-0.15, -0.1) is 0 Å². The van der Waals surface area contributed by atoms with Crippen LogP contribution in [-0.4, -0.2) is 24.5 Å². The van der Waals surface area contributed by atoms with Gasteiger partial charge in [0.05, 0.1) is 0 Å². The van der Waals surface area contributed by atoms with Crippen LogP contribution in [0.4, 0.5) is 0 Å². The lowest BCUT2D eigenvalue weighted by atomic mass is 9.96. The summed E-state index contributed by atoms with van der Waals surface area (Å²) in [5.74, 6) is 0. The average molecular weight is 248 g/mol. The molecule has 0 bridgehead atoms. The minimum absolute atomic E-state index is 0.329. The Kier molecular flexibility index (Phi) is 5.83. The molecule has 2 nitrogen and oxygen atoms in total. The van der Waals surface area contributed by atoms with Crippen LogP contribution < -0.4 is 5.73 Å². The molecule has 1 unspecified atom stereocenters. The van der Waals surface area contributed by atoms with Crippen molar-refractivity contribution >= 4 is 0 Å². The molecule has 0 fully saturated rings. The standard InChI is InChI=1S/C16H28N2/c1-6-14(7-2)18(5)16(11-17)15-9-8-12(3)10-13(15)4/h8-10,14,16H,6-7,11,17H2,1-5H3. The van der Waals surface area contributed by atoms with Crippen LogP contribution in [0, 0.1) is 13.8 Å². The molecule has 1 aromatic rings. The summed E-state index contributed by atoms with van der Waals surface area (Å²) in [6, 6.07) is 7.61. The van der Waals surface area contributed by atoms with Gasteiger partial charge in [0.15, 0.2) is 0 Å². The predicted octanol–water partition coefficient (Wildman–Crippen LogP) is 3.42. The van der Waals surface area contributed by atoms with E-state index in [4.69, 9.17) is 5.73 Å². The fourth-order valence-corrected chi connectivity index (χ4v) is 2.83. The second kappa shape index (κ2) is 6.91. The largest absolute Gasteiger partial charge is 0.329 e. The van der Waals surface area contributed by atoms with Gasteiger partial charge in [0.25, 0.3) is 0 Å². The Labute approximate surface area is 112 Å². The Bertz CT molecular complexity index is 369. The van der Waals surface area contributed by atoms with Gasteiger partial charge in [-0.1, -0.05) is 37.6 Å². The van der Waals surface area contributed by atoms with E-state index in [1.807, 2.05) is 0 Å². The number of rotatable bonds is 6. The maximum atomic E-state index is 6.02. The van der Waals surface area contributed by atoms with Crippen LogP contribution in [-0.2, 0) is 0 Å². The van der Waals surface area contributed by atoms with Crippen LogP contribution in [0.15, 0.2) is 18.2 Å². The highest BCUT2D eigenvalue weighted by molar-refractivity contribution is 5.33. The molecule has 2 N–H and O–H groups in total. The Morgan fingerprint density at radius 1 is 1.17 bits per heavy atom. The van der Waals surface area contributed by atoms with Gasteiger partial charge in [0.1, 0.15) is 0 Å². The van der Waals surface area contributed by atoms with E-state index in [9.17, 15) is 0 Å². The summed E-state index contributed by atoms with van der Waals surface area (Å²) in [5, 5.41) is 0. The van der Waals surface area contributed by atoms with Crippen molar-refractivity contribution in [1.82, 2.24) is 4.90 Å². The summed E-state index contributed by atoms with van der Waals surface area (Å²) < 4.78 is 0. The van der Waals surface area contributed by atoms with Crippen LogP contribution in [0.1, 0.15) is 49.4 Å². The first kappa shape index (κ1) is 15.2. The molecule has 0 saturated carbocycles.